The van der Waals surface area contributed by atoms with Crippen LogP contribution in [0.15, 0.2) is 54.7 Å². The molecule has 43 heteroatoms. The molecule has 114 heavy (non-hydrogen) atoms. The Hall–Kier alpha value is -10.6. The Balaban J connectivity index is 1.14. The van der Waals surface area contributed by atoms with Gasteiger partial charge >= 0.3 is 23.9 Å². The zero-order valence-electron chi connectivity index (χ0n) is 62.9. The Morgan fingerprint density at radius 1 is 0.623 bits per heavy atom. The average molecular weight is 1640 g/mol. The number of thioether (sulfide) groups is 2. The van der Waals surface area contributed by atoms with Gasteiger partial charge in [-0.25, -0.2) is 0 Å². The van der Waals surface area contributed by atoms with E-state index >= 15 is 0 Å². The van der Waals surface area contributed by atoms with Gasteiger partial charge in [-0.1, -0.05) is 42.5 Å². The number of aliphatic carboxylic acids is 4. The smallest absolute Gasteiger partial charge is 0.317 e. The lowest BCUT2D eigenvalue weighted by atomic mass is 10.0. The van der Waals surface area contributed by atoms with E-state index in [0.29, 0.717) is 27.6 Å². The van der Waals surface area contributed by atoms with Gasteiger partial charge in [0.15, 0.2) is 0 Å². The van der Waals surface area contributed by atoms with Crippen molar-refractivity contribution in [1.82, 2.24) is 82.2 Å². The molecule has 624 valence electrons. The van der Waals surface area contributed by atoms with Gasteiger partial charge in [0.05, 0.1) is 58.4 Å². The van der Waals surface area contributed by atoms with Crippen LogP contribution >= 0.6 is 23.5 Å². The van der Waals surface area contributed by atoms with Crippen molar-refractivity contribution in [2.24, 2.45) is 11.5 Å². The monoisotopic (exact) mass is 1640 g/mol. The van der Waals surface area contributed by atoms with Crippen LogP contribution in [0.2, 0.25) is 0 Å². The highest BCUT2D eigenvalue weighted by molar-refractivity contribution is 7.98. The van der Waals surface area contributed by atoms with Crippen molar-refractivity contribution in [2.75, 3.05) is 116 Å². The van der Waals surface area contributed by atoms with Crippen LogP contribution in [0.3, 0.4) is 0 Å². The van der Waals surface area contributed by atoms with Crippen molar-refractivity contribution in [3.8, 4) is 0 Å². The van der Waals surface area contributed by atoms with E-state index in [-0.39, 0.29) is 108 Å². The van der Waals surface area contributed by atoms with Crippen molar-refractivity contribution in [3.05, 3.63) is 71.4 Å². The molecular formula is C71H100N18O23S2. The van der Waals surface area contributed by atoms with E-state index in [9.17, 15) is 112 Å². The molecule has 0 saturated carbocycles. The number of primary amides is 2. The van der Waals surface area contributed by atoms with Gasteiger partial charge in [-0.3, -0.25) is 101 Å². The van der Waals surface area contributed by atoms with Gasteiger partial charge in [-0.15, -0.1) is 0 Å². The van der Waals surface area contributed by atoms with Crippen LogP contribution < -0.4 is 59.3 Å². The van der Waals surface area contributed by atoms with Gasteiger partial charge in [-0.2, -0.15) is 23.5 Å². The van der Waals surface area contributed by atoms with Crippen LogP contribution in [0, 0.1) is 0 Å². The molecular weight excluding hydrogens is 1540 g/mol. The third-order valence-electron chi connectivity index (χ3n) is 19.3. The molecule has 3 aromatic rings. The van der Waals surface area contributed by atoms with Gasteiger partial charge in [0, 0.05) is 118 Å². The summed E-state index contributed by atoms with van der Waals surface area (Å²) in [7, 11) is 0. The number of hydrogen-bond donors (Lipinski definition) is 18. The number of para-hydroxylation sites is 1. The van der Waals surface area contributed by atoms with Gasteiger partial charge < -0.3 is 105 Å². The number of fused-ring (bicyclic) bond motifs is 6. The third kappa shape index (κ3) is 28.2. The molecule has 3 saturated heterocycles. The number of aliphatic hydroxyl groups excluding tert-OH is 2. The molecule has 20 N–H and O–H groups in total. The summed E-state index contributed by atoms with van der Waals surface area (Å²) in [5.74, 6) is -17.9. The summed E-state index contributed by atoms with van der Waals surface area (Å²) in [4.78, 5) is 241. The normalized spacial score (nSPS) is 24.4. The molecule has 13 amide bonds. The van der Waals surface area contributed by atoms with Crippen LogP contribution in [0.5, 0.6) is 0 Å². The molecule has 4 bridgehead atoms. The molecule has 7 rings (SSSR count). The number of rotatable bonds is 21. The number of nitrogens with two attached hydrogens (primary N) is 2. The van der Waals surface area contributed by atoms with Crippen molar-refractivity contribution in [1.29, 1.82) is 0 Å². The first-order valence-electron chi connectivity index (χ1n) is 36.9. The first kappa shape index (κ1) is 90.6. The summed E-state index contributed by atoms with van der Waals surface area (Å²) in [6.45, 7) is -1.47. The fourth-order valence-corrected chi connectivity index (χ4v) is 15.6. The number of carboxylic acids is 4. The second-order valence-electron chi connectivity index (χ2n) is 28.1. The van der Waals surface area contributed by atoms with E-state index in [1.807, 2.05) is 0 Å². The lowest BCUT2D eigenvalue weighted by Gasteiger charge is -2.34. The summed E-state index contributed by atoms with van der Waals surface area (Å²) in [5, 5.41) is 83.6. The summed E-state index contributed by atoms with van der Waals surface area (Å²) >= 11 is 2.27. The highest BCUT2D eigenvalue weighted by atomic mass is 32.2. The lowest BCUT2D eigenvalue weighted by molar-refractivity contribution is -0.145. The zero-order chi connectivity index (χ0) is 83.5. The predicted molar refractivity (Wildman–Crippen MR) is 407 cm³/mol. The van der Waals surface area contributed by atoms with Crippen molar-refractivity contribution >= 4 is 135 Å². The van der Waals surface area contributed by atoms with Crippen molar-refractivity contribution < 1.29 is 112 Å². The Labute approximate surface area is 662 Å². The second-order valence-corrected chi connectivity index (χ2v) is 30.2. The standard InChI is InChI=1S/C71H100N18O23S2/c1-39-23-49-71(112)89(39)62(40(2)91)70(111)80-47(25-43-27-74-45-10-4-3-9-44(43)45)67(108)81-50(34-90)68(109)82-51(63(73)104)37-113-35-41-7-5-8-42(24-41)36-114-38-52(65(106)76-29-57(95)88-14-6-11-53(88)69(110)79-48(26-58(96)97)64(105)75-28-55(93)78-49)83-66(107)46(12-13-54(72)92)77-56(94)30-84-15-17-85(31-59(98)99)19-21-87(33-61(102)103)22-20-86(18-16-84)32-60(100)101/h3-5,7-10,24,27,39-40,46-53,62,74,90-91H,6,11-23,25-26,28-38H2,1-2H3,(H2,72,92)(H2,73,104)(H,75,105)(H,76,106)(H,77,94)(H,78,93)(H,79,110)(H,80,111)(H,81,108)(H,82,109)(H,83,107)(H,96,97)(H,98,99)(H,100,101)(H,102,103)/t39?,40-,46?,47+,48+,49+,50+,51?,52?,53?,62?/m1/s1. The molecule has 0 aliphatic carbocycles. The molecule has 1 aromatic heterocycles. The number of carbonyl (C=O) groups is 17. The lowest BCUT2D eigenvalue weighted by Crippen LogP contribution is -2.61. The topological polar surface area (TPSA) is 607 Å². The molecule has 4 aliphatic rings. The van der Waals surface area contributed by atoms with Crippen LogP contribution in [0.25, 0.3) is 10.9 Å². The van der Waals surface area contributed by atoms with E-state index in [1.165, 1.54) is 23.6 Å². The number of aromatic amines is 1. The quantitative estimate of drug-likeness (QED) is 0.0471. The molecule has 5 heterocycles. The average Bonchev–Trinajstić information content (AvgIpc) is 1.68. The number of nitrogens with one attached hydrogen (secondary N) is 10. The largest absolute Gasteiger partial charge is 0.481 e. The van der Waals surface area contributed by atoms with Gasteiger partial charge in [0.25, 0.3) is 0 Å². The van der Waals surface area contributed by atoms with E-state index < -0.39 is 232 Å². The Morgan fingerprint density at radius 3 is 1.75 bits per heavy atom. The van der Waals surface area contributed by atoms with E-state index in [4.69, 9.17) is 11.5 Å². The number of aromatic nitrogens is 1. The first-order valence-corrected chi connectivity index (χ1v) is 39.2. The number of carbonyl (C=O) groups excluding carboxylic acids is 13. The fourth-order valence-electron chi connectivity index (χ4n) is 13.5. The summed E-state index contributed by atoms with van der Waals surface area (Å²) in [6.07, 6.45) is -2.22. The predicted octanol–water partition coefficient (Wildman–Crippen LogP) is -7.43. The fraction of sp³-hybridized carbons (Fsp3) is 0.563. The highest BCUT2D eigenvalue weighted by Gasteiger charge is 2.47. The number of carboxylic acid groups (broad SMARTS) is 4. The van der Waals surface area contributed by atoms with Gasteiger partial charge in [0.2, 0.25) is 76.8 Å². The number of benzene rings is 2. The Morgan fingerprint density at radius 2 is 1.18 bits per heavy atom. The maximum Gasteiger partial charge on any atom is 0.317 e. The Kier molecular flexibility index (Phi) is 35.1. The molecule has 0 spiro atoms. The minimum absolute atomic E-state index is 0.00970. The maximum atomic E-state index is 14.6. The van der Waals surface area contributed by atoms with Crippen LogP contribution in [0.1, 0.15) is 69.1 Å². The van der Waals surface area contributed by atoms with E-state index in [0.717, 1.165) is 33.3 Å². The van der Waals surface area contributed by atoms with Crippen LogP contribution in [-0.4, -0.2) is 348 Å². The zero-order valence-corrected chi connectivity index (χ0v) is 64.5. The third-order valence-corrected chi connectivity index (χ3v) is 21.5. The maximum absolute atomic E-state index is 14.6. The summed E-state index contributed by atoms with van der Waals surface area (Å²) in [5.41, 5.74) is 13.8. The van der Waals surface area contributed by atoms with Crippen LogP contribution in [-0.2, 0) is 99.4 Å². The van der Waals surface area contributed by atoms with Gasteiger partial charge in [-0.05, 0) is 62.3 Å². The first-order chi connectivity index (χ1) is 54.2. The van der Waals surface area contributed by atoms with Crippen LogP contribution in [0.4, 0.5) is 0 Å². The van der Waals surface area contributed by atoms with Crippen molar-refractivity contribution in [2.45, 2.75) is 137 Å². The molecule has 41 nitrogen and oxygen atoms in total. The molecule has 4 aliphatic heterocycles. The summed E-state index contributed by atoms with van der Waals surface area (Å²) in [6, 6.07) is -1.18. The van der Waals surface area contributed by atoms with E-state index in [1.54, 1.807) is 64.5 Å². The summed E-state index contributed by atoms with van der Waals surface area (Å²) < 4.78 is 0. The van der Waals surface area contributed by atoms with E-state index in [2.05, 4.69) is 52.8 Å². The second kappa shape index (κ2) is 44.2. The molecule has 0 radical (unpaired) electrons. The number of nitrogens with zero attached hydrogens (tertiary/aromatic N) is 6. The van der Waals surface area contributed by atoms with Crippen molar-refractivity contribution in [3.63, 3.8) is 0 Å². The van der Waals surface area contributed by atoms with Gasteiger partial charge in [0.1, 0.15) is 54.4 Å². The SMILES string of the molecule is CC1C[C@@H]2NC(=O)CNC(=O)[C@H](CC(=O)O)NC(=O)C3CCCN3C(=O)CNC(=O)C(NC(=O)C(CCC(N)=O)NC(=O)CN3CCN(CC(=O)O)CCN(CC(=O)O)CCN(CC(=O)O)CC3)CSCc3cccc(c3)CSCC(C(N)=O)NC(=O)[C@H](CO)NC(=O)[C@H](Cc3c[nH]c4ccccc34)NC(=O)C([C@@H](C)O)N1C2=O. The Bertz CT molecular complexity index is 3970. The number of hydrogen-bond acceptors (Lipinski definition) is 25. The number of aliphatic hydroxyl groups is 2. The molecule has 2 aromatic carbocycles. The number of amides is 13. The minimum Gasteiger partial charge on any atom is -0.481 e. The number of H-pyrrole nitrogens is 1. The molecule has 3 fully saturated rings. The molecule has 11 atom stereocenters. The highest BCUT2D eigenvalue weighted by Crippen LogP contribution is 2.26. The molecule has 6 unspecified atom stereocenters. The minimum atomic E-state index is -1.87.